The zero-order valence-corrected chi connectivity index (χ0v) is 17.4. The smallest absolute Gasteiger partial charge is 0.223 e. The van der Waals surface area contributed by atoms with Crippen molar-refractivity contribution in [2.75, 3.05) is 6.54 Å². The summed E-state index contributed by atoms with van der Waals surface area (Å²) in [4.78, 5) is 15.4. The van der Waals surface area contributed by atoms with Gasteiger partial charge in [0.25, 0.3) is 0 Å². The average molecular weight is 385 g/mol. The van der Waals surface area contributed by atoms with Gasteiger partial charge in [-0.05, 0) is 51.9 Å². The molecule has 2 aliphatic rings. The summed E-state index contributed by atoms with van der Waals surface area (Å²) in [7, 11) is 1.97. The highest BCUT2D eigenvalue weighted by atomic mass is 16.5. The summed E-state index contributed by atoms with van der Waals surface area (Å²) in [6.07, 6.45) is 12.0. The summed E-state index contributed by atoms with van der Waals surface area (Å²) >= 11 is 0. The van der Waals surface area contributed by atoms with Crippen molar-refractivity contribution in [2.24, 2.45) is 13.0 Å². The van der Waals surface area contributed by atoms with Gasteiger partial charge in [0, 0.05) is 25.6 Å². The number of carbonyl (C=O) groups excluding carboxylic acids is 1. The highest BCUT2D eigenvalue weighted by molar-refractivity contribution is 5.77. The number of aromatic nitrogens is 3. The van der Waals surface area contributed by atoms with E-state index in [9.17, 15) is 4.79 Å². The predicted octanol–water partition coefficient (Wildman–Crippen LogP) is 4.72. The third-order valence-electron chi connectivity index (χ3n) is 6.71. The fraction of sp³-hybridized carbons (Fsp3) is 0.682. The van der Waals surface area contributed by atoms with Crippen LogP contribution in [-0.4, -0.2) is 32.3 Å². The van der Waals surface area contributed by atoms with Gasteiger partial charge in [0.05, 0.1) is 29.2 Å². The van der Waals surface area contributed by atoms with Crippen molar-refractivity contribution in [3.63, 3.8) is 0 Å². The minimum Gasteiger partial charge on any atom is -0.356 e. The average Bonchev–Trinajstić information content (AvgIpc) is 3.24. The summed E-state index contributed by atoms with van der Waals surface area (Å²) < 4.78 is 7.56. The summed E-state index contributed by atoms with van der Waals surface area (Å²) in [5, 5.41) is 8.65. The van der Waals surface area contributed by atoms with Crippen LogP contribution in [0.5, 0.6) is 0 Å². The molecule has 152 valence electrons. The van der Waals surface area contributed by atoms with Crippen LogP contribution in [-0.2, 0) is 11.8 Å². The van der Waals surface area contributed by atoms with E-state index in [-0.39, 0.29) is 6.04 Å². The number of hydrogen-bond donors (Lipinski definition) is 0. The Bertz CT molecular complexity index is 832. The lowest BCUT2D eigenvalue weighted by atomic mass is 9.86. The molecule has 2 fully saturated rings. The number of rotatable bonds is 4. The van der Waals surface area contributed by atoms with E-state index < -0.39 is 0 Å². The maximum absolute atomic E-state index is 13.3. The molecule has 1 unspecified atom stereocenters. The first-order valence-electron chi connectivity index (χ1n) is 10.8. The molecule has 0 spiro atoms. The lowest BCUT2D eigenvalue weighted by molar-refractivity contribution is -0.136. The van der Waals surface area contributed by atoms with Crippen LogP contribution in [0.1, 0.15) is 80.8 Å². The number of carbonyl (C=O) groups is 1. The zero-order chi connectivity index (χ0) is 19.7. The SMILES string of the molecule is Cc1noc(-c2cnn(C)c2C2CCCCN2C(=O)CC2CCCCC2)c1C. The monoisotopic (exact) mass is 384 g/mol. The maximum Gasteiger partial charge on any atom is 0.223 e. The highest BCUT2D eigenvalue weighted by Gasteiger charge is 2.34. The second-order valence-electron chi connectivity index (χ2n) is 8.60. The van der Waals surface area contributed by atoms with Crippen molar-refractivity contribution >= 4 is 5.91 Å². The molecule has 1 amide bonds. The standard InChI is InChI=1S/C22H32N4O2/c1-15-16(2)24-28-22(15)18-14-23-25(3)21(18)19-11-7-8-12-26(19)20(27)13-17-9-5-4-6-10-17/h14,17,19H,4-13H2,1-3H3. The van der Waals surface area contributed by atoms with E-state index in [0.29, 0.717) is 18.2 Å². The molecule has 28 heavy (non-hydrogen) atoms. The molecule has 0 aromatic carbocycles. The van der Waals surface area contributed by atoms with Gasteiger partial charge in [-0.3, -0.25) is 9.48 Å². The van der Waals surface area contributed by atoms with E-state index in [2.05, 4.69) is 15.2 Å². The van der Waals surface area contributed by atoms with Crippen LogP contribution in [0.25, 0.3) is 11.3 Å². The molecular formula is C22H32N4O2. The summed E-state index contributed by atoms with van der Waals surface area (Å²) in [5.41, 5.74) is 4.00. The van der Waals surface area contributed by atoms with Gasteiger partial charge >= 0.3 is 0 Å². The fourth-order valence-corrected chi connectivity index (χ4v) is 4.95. The number of hydrogen-bond acceptors (Lipinski definition) is 4. The number of likely N-dealkylation sites (tertiary alicyclic amines) is 1. The first kappa shape index (κ1) is 19.2. The van der Waals surface area contributed by atoms with Crippen molar-refractivity contribution in [3.8, 4) is 11.3 Å². The number of nitrogens with zero attached hydrogens (tertiary/aromatic N) is 4. The Kier molecular flexibility index (Phi) is 5.56. The molecule has 1 saturated heterocycles. The van der Waals surface area contributed by atoms with Crippen LogP contribution in [0.2, 0.25) is 0 Å². The quantitative estimate of drug-likeness (QED) is 0.765. The van der Waals surface area contributed by atoms with E-state index in [1.807, 2.05) is 31.8 Å². The van der Waals surface area contributed by atoms with Crippen LogP contribution in [0.4, 0.5) is 0 Å². The Morgan fingerprint density at radius 1 is 1.14 bits per heavy atom. The van der Waals surface area contributed by atoms with Gasteiger partial charge in [-0.2, -0.15) is 5.10 Å². The molecule has 1 aliphatic carbocycles. The fourth-order valence-electron chi connectivity index (χ4n) is 4.95. The first-order valence-corrected chi connectivity index (χ1v) is 10.8. The van der Waals surface area contributed by atoms with Gasteiger partial charge in [-0.15, -0.1) is 0 Å². The molecule has 0 bridgehead atoms. The Labute approximate surface area is 167 Å². The highest BCUT2D eigenvalue weighted by Crippen LogP contribution is 2.39. The predicted molar refractivity (Wildman–Crippen MR) is 108 cm³/mol. The molecule has 4 rings (SSSR count). The lowest BCUT2D eigenvalue weighted by Gasteiger charge is -2.37. The van der Waals surface area contributed by atoms with Gasteiger partial charge in [-0.25, -0.2) is 0 Å². The molecule has 2 aromatic heterocycles. The second kappa shape index (κ2) is 8.10. The van der Waals surface area contributed by atoms with Crippen LogP contribution < -0.4 is 0 Å². The molecule has 0 N–H and O–H groups in total. The van der Waals surface area contributed by atoms with E-state index >= 15 is 0 Å². The molecule has 1 saturated carbocycles. The molecule has 2 aromatic rings. The van der Waals surface area contributed by atoms with E-state index in [1.165, 1.54) is 32.1 Å². The van der Waals surface area contributed by atoms with E-state index in [1.54, 1.807) is 0 Å². The summed E-state index contributed by atoms with van der Waals surface area (Å²) in [6, 6.07) is 0.0668. The van der Waals surface area contributed by atoms with E-state index in [0.717, 1.165) is 54.1 Å². The van der Waals surface area contributed by atoms with Gasteiger partial charge in [0.2, 0.25) is 5.91 Å². The van der Waals surface area contributed by atoms with Gasteiger partial charge in [0.1, 0.15) is 0 Å². The minimum atomic E-state index is 0.0668. The third-order valence-corrected chi connectivity index (χ3v) is 6.71. The van der Waals surface area contributed by atoms with Crippen molar-refractivity contribution in [3.05, 3.63) is 23.1 Å². The summed E-state index contributed by atoms with van der Waals surface area (Å²) in [5.74, 6) is 1.66. The van der Waals surface area contributed by atoms with Crippen LogP contribution in [0, 0.1) is 19.8 Å². The first-order chi connectivity index (χ1) is 13.6. The molecule has 3 heterocycles. The Hall–Kier alpha value is -2.11. The number of aryl methyl sites for hydroxylation is 2. The largest absolute Gasteiger partial charge is 0.356 e. The number of piperidine rings is 1. The normalized spacial score (nSPS) is 21.2. The molecule has 1 aliphatic heterocycles. The minimum absolute atomic E-state index is 0.0668. The Morgan fingerprint density at radius 2 is 1.89 bits per heavy atom. The van der Waals surface area contributed by atoms with Gasteiger partial charge < -0.3 is 9.42 Å². The Morgan fingerprint density at radius 3 is 2.61 bits per heavy atom. The van der Waals surface area contributed by atoms with E-state index in [4.69, 9.17) is 4.52 Å². The summed E-state index contributed by atoms with van der Waals surface area (Å²) in [6.45, 7) is 4.83. The van der Waals surface area contributed by atoms with Crippen LogP contribution in [0.15, 0.2) is 10.7 Å². The zero-order valence-electron chi connectivity index (χ0n) is 17.4. The van der Waals surface area contributed by atoms with Crippen molar-refractivity contribution in [1.82, 2.24) is 19.8 Å². The molecule has 0 radical (unpaired) electrons. The van der Waals surface area contributed by atoms with Gasteiger partial charge in [-0.1, -0.05) is 24.4 Å². The number of amides is 1. The van der Waals surface area contributed by atoms with Crippen LogP contribution in [0.3, 0.4) is 0 Å². The van der Waals surface area contributed by atoms with Crippen LogP contribution >= 0.6 is 0 Å². The van der Waals surface area contributed by atoms with Crippen molar-refractivity contribution in [2.45, 2.75) is 77.7 Å². The van der Waals surface area contributed by atoms with Crippen molar-refractivity contribution in [1.29, 1.82) is 0 Å². The Balaban J connectivity index is 1.62. The molecular weight excluding hydrogens is 352 g/mol. The second-order valence-corrected chi connectivity index (χ2v) is 8.60. The lowest BCUT2D eigenvalue weighted by Crippen LogP contribution is -2.40. The molecule has 6 heteroatoms. The molecule has 6 nitrogen and oxygen atoms in total. The van der Waals surface area contributed by atoms with Gasteiger partial charge in [0.15, 0.2) is 5.76 Å². The topological polar surface area (TPSA) is 64.2 Å². The van der Waals surface area contributed by atoms with Crippen molar-refractivity contribution < 1.29 is 9.32 Å². The molecule has 1 atom stereocenters. The third kappa shape index (κ3) is 3.61. The maximum atomic E-state index is 13.3.